The molecule has 146 valence electrons. The third kappa shape index (κ3) is 7.32. The Bertz CT molecular complexity index is 587. The molecule has 2 rings (SSSR count). The molecule has 0 radical (unpaired) electrons. The van der Waals surface area contributed by atoms with Crippen molar-refractivity contribution >= 4 is 35.6 Å². The minimum atomic E-state index is -0.554. The van der Waals surface area contributed by atoms with Crippen molar-refractivity contribution in [1.82, 2.24) is 4.90 Å². The number of rotatable bonds is 6. The van der Waals surface area contributed by atoms with Gasteiger partial charge in [0, 0.05) is 11.4 Å². The molecular weight excluding hydrogens is 352 g/mol. The van der Waals surface area contributed by atoms with Crippen molar-refractivity contribution in [3.05, 3.63) is 24.3 Å². The lowest BCUT2D eigenvalue weighted by Gasteiger charge is -2.19. The van der Waals surface area contributed by atoms with E-state index in [1.54, 1.807) is 18.2 Å². The van der Waals surface area contributed by atoms with E-state index in [-0.39, 0.29) is 30.1 Å². The smallest absolute Gasteiger partial charge is 0.241 e. The van der Waals surface area contributed by atoms with Gasteiger partial charge in [-0.05, 0) is 50.0 Å². The number of anilines is 2. The Labute approximate surface area is 162 Å². The first kappa shape index (κ1) is 22.4. The van der Waals surface area contributed by atoms with E-state index in [9.17, 15) is 9.59 Å². The summed E-state index contributed by atoms with van der Waals surface area (Å²) in [7, 11) is 0. The average Bonchev–Trinajstić information content (AvgIpc) is 2.82. The summed E-state index contributed by atoms with van der Waals surface area (Å²) in [6.45, 7) is 6.19. The lowest BCUT2D eigenvalue weighted by molar-refractivity contribution is -0.118. The molecule has 1 saturated heterocycles. The zero-order chi connectivity index (χ0) is 18.2. The maximum atomic E-state index is 12.3. The molecule has 1 aromatic carbocycles. The Morgan fingerprint density at radius 2 is 1.65 bits per heavy atom. The number of nitrogens with zero attached hydrogens (tertiary/aromatic N) is 1. The van der Waals surface area contributed by atoms with Crippen LogP contribution in [0.3, 0.4) is 0 Å². The van der Waals surface area contributed by atoms with Crippen LogP contribution in [0.4, 0.5) is 11.4 Å². The highest BCUT2D eigenvalue weighted by molar-refractivity contribution is 5.96. The van der Waals surface area contributed by atoms with E-state index in [1.807, 2.05) is 19.9 Å². The van der Waals surface area contributed by atoms with Crippen LogP contribution in [0, 0.1) is 5.92 Å². The summed E-state index contributed by atoms with van der Waals surface area (Å²) in [4.78, 5) is 26.5. The molecule has 0 aromatic heterocycles. The number of likely N-dealkylation sites (tertiary alicyclic amines) is 1. The van der Waals surface area contributed by atoms with Crippen LogP contribution in [0.5, 0.6) is 0 Å². The van der Waals surface area contributed by atoms with Gasteiger partial charge in [0.2, 0.25) is 11.8 Å². The van der Waals surface area contributed by atoms with E-state index in [4.69, 9.17) is 5.73 Å². The highest BCUT2D eigenvalue weighted by atomic mass is 35.5. The zero-order valence-corrected chi connectivity index (χ0v) is 16.5. The number of nitrogens with one attached hydrogen (secondary N) is 2. The van der Waals surface area contributed by atoms with Crippen molar-refractivity contribution in [3.63, 3.8) is 0 Å². The molecule has 1 aromatic rings. The summed E-state index contributed by atoms with van der Waals surface area (Å²) in [6, 6.07) is 6.61. The van der Waals surface area contributed by atoms with Crippen molar-refractivity contribution in [2.24, 2.45) is 11.7 Å². The third-order valence-electron chi connectivity index (χ3n) is 4.50. The van der Waals surface area contributed by atoms with Gasteiger partial charge in [-0.2, -0.15) is 0 Å². The molecular formula is C19H31ClN4O2. The molecule has 26 heavy (non-hydrogen) atoms. The molecule has 0 bridgehead atoms. The number of nitrogens with two attached hydrogens (primary N) is 1. The van der Waals surface area contributed by atoms with E-state index >= 15 is 0 Å². The first-order chi connectivity index (χ1) is 12.0. The predicted octanol–water partition coefficient (Wildman–Crippen LogP) is 2.84. The Morgan fingerprint density at radius 1 is 1.08 bits per heavy atom. The Hall–Kier alpha value is -1.63. The molecule has 1 heterocycles. The van der Waals surface area contributed by atoms with Gasteiger partial charge >= 0.3 is 0 Å². The summed E-state index contributed by atoms with van der Waals surface area (Å²) in [5.74, 6) is -0.177. The lowest BCUT2D eigenvalue weighted by atomic mass is 10.0. The fraction of sp³-hybridized carbons (Fsp3) is 0.579. The predicted molar refractivity (Wildman–Crippen MR) is 109 cm³/mol. The number of amides is 2. The standard InChI is InChI=1S/C19H30N4O2.ClH/c1-14(2)18(20)19(25)22-16-9-7-8-15(12-16)21-17(24)13-23-10-5-3-4-6-11-23;/h7-9,12,14,18H,3-6,10-11,13,20H2,1-2H3,(H,21,24)(H,22,25);1H/t18-;/m0./s1. The Kier molecular flexibility index (Phi) is 9.62. The van der Waals surface area contributed by atoms with E-state index in [0.717, 1.165) is 25.9 Å². The molecule has 2 amide bonds. The highest BCUT2D eigenvalue weighted by Crippen LogP contribution is 2.16. The second kappa shape index (κ2) is 11.2. The van der Waals surface area contributed by atoms with Crippen molar-refractivity contribution < 1.29 is 9.59 Å². The van der Waals surface area contributed by atoms with Crippen LogP contribution >= 0.6 is 12.4 Å². The van der Waals surface area contributed by atoms with E-state index in [0.29, 0.717) is 17.9 Å². The van der Waals surface area contributed by atoms with E-state index in [1.165, 1.54) is 12.8 Å². The van der Waals surface area contributed by atoms with Crippen LogP contribution in [-0.4, -0.2) is 42.4 Å². The summed E-state index contributed by atoms with van der Waals surface area (Å²) in [5, 5.41) is 5.71. The molecule has 6 nitrogen and oxygen atoms in total. The zero-order valence-electron chi connectivity index (χ0n) is 15.7. The monoisotopic (exact) mass is 382 g/mol. The topological polar surface area (TPSA) is 87.5 Å². The van der Waals surface area contributed by atoms with Gasteiger partial charge in [-0.25, -0.2) is 0 Å². The van der Waals surface area contributed by atoms with Gasteiger partial charge in [0.05, 0.1) is 12.6 Å². The minimum Gasteiger partial charge on any atom is -0.325 e. The summed E-state index contributed by atoms with van der Waals surface area (Å²) in [6.07, 6.45) is 4.81. The molecule has 0 spiro atoms. The first-order valence-electron chi connectivity index (χ1n) is 9.14. The minimum absolute atomic E-state index is 0. The lowest BCUT2D eigenvalue weighted by Crippen LogP contribution is -2.39. The maximum Gasteiger partial charge on any atom is 0.241 e. The van der Waals surface area contributed by atoms with E-state index in [2.05, 4.69) is 15.5 Å². The van der Waals surface area contributed by atoms with Crippen molar-refractivity contribution in [3.8, 4) is 0 Å². The van der Waals surface area contributed by atoms with Crippen LogP contribution in [0.25, 0.3) is 0 Å². The number of hydrogen-bond donors (Lipinski definition) is 3. The van der Waals surface area contributed by atoms with Crippen LogP contribution < -0.4 is 16.4 Å². The molecule has 0 unspecified atom stereocenters. The van der Waals surface area contributed by atoms with Gasteiger partial charge in [-0.3, -0.25) is 14.5 Å². The van der Waals surface area contributed by atoms with Crippen molar-refractivity contribution in [2.75, 3.05) is 30.3 Å². The fourth-order valence-corrected chi connectivity index (χ4v) is 2.90. The SMILES string of the molecule is CC(C)[C@H](N)C(=O)Nc1cccc(NC(=O)CN2CCCCCC2)c1.Cl. The third-order valence-corrected chi connectivity index (χ3v) is 4.50. The van der Waals surface area contributed by atoms with Crippen LogP contribution in [0.1, 0.15) is 39.5 Å². The second-order valence-corrected chi connectivity index (χ2v) is 7.08. The van der Waals surface area contributed by atoms with Gasteiger partial charge < -0.3 is 16.4 Å². The molecule has 0 saturated carbocycles. The van der Waals surface area contributed by atoms with Crippen molar-refractivity contribution in [1.29, 1.82) is 0 Å². The molecule has 7 heteroatoms. The Morgan fingerprint density at radius 3 is 2.23 bits per heavy atom. The van der Waals surface area contributed by atoms with E-state index < -0.39 is 6.04 Å². The summed E-state index contributed by atoms with van der Waals surface area (Å²) >= 11 is 0. The van der Waals surface area contributed by atoms with Crippen LogP contribution in [-0.2, 0) is 9.59 Å². The molecule has 1 atom stereocenters. The van der Waals surface area contributed by atoms with Gasteiger partial charge in [0.25, 0.3) is 0 Å². The highest BCUT2D eigenvalue weighted by Gasteiger charge is 2.17. The number of carbonyl (C=O) groups is 2. The van der Waals surface area contributed by atoms with Gasteiger partial charge in [-0.1, -0.05) is 32.8 Å². The van der Waals surface area contributed by atoms with Crippen molar-refractivity contribution in [2.45, 2.75) is 45.6 Å². The van der Waals surface area contributed by atoms with Gasteiger partial charge in [-0.15, -0.1) is 12.4 Å². The molecule has 1 fully saturated rings. The average molecular weight is 383 g/mol. The van der Waals surface area contributed by atoms with Gasteiger partial charge in [0.1, 0.15) is 0 Å². The van der Waals surface area contributed by atoms with Crippen LogP contribution in [0.2, 0.25) is 0 Å². The van der Waals surface area contributed by atoms with Crippen LogP contribution in [0.15, 0.2) is 24.3 Å². The molecule has 1 aliphatic rings. The second-order valence-electron chi connectivity index (χ2n) is 7.08. The largest absolute Gasteiger partial charge is 0.325 e. The number of hydrogen-bond acceptors (Lipinski definition) is 4. The maximum absolute atomic E-state index is 12.3. The quantitative estimate of drug-likeness (QED) is 0.705. The summed E-state index contributed by atoms with van der Waals surface area (Å²) < 4.78 is 0. The number of halogens is 1. The number of benzene rings is 1. The number of carbonyl (C=O) groups excluding carboxylic acids is 2. The summed E-state index contributed by atoms with van der Waals surface area (Å²) in [5.41, 5.74) is 7.17. The molecule has 0 aliphatic carbocycles. The molecule has 4 N–H and O–H groups in total. The normalized spacial score (nSPS) is 16.3. The fourth-order valence-electron chi connectivity index (χ4n) is 2.90. The van der Waals surface area contributed by atoms with Gasteiger partial charge in [0.15, 0.2) is 0 Å². The first-order valence-corrected chi connectivity index (χ1v) is 9.14. The Balaban J connectivity index is 0.00000338. The molecule has 1 aliphatic heterocycles.